The summed E-state index contributed by atoms with van der Waals surface area (Å²) in [5, 5.41) is 2.64. The fourth-order valence-electron chi connectivity index (χ4n) is 1.84. The third-order valence-electron chi connectivity index (χ3n) is 2.82. The molecule has 3 aromatic heterocycles. The second kappa shape index (κ2) is 6.17. The molecule has 0 aliphatic heterocycles. The Labute approximate surface area is 133 Å². The Morgan fingerprint density at radius 3 is 2.95 bits per heavy atom. The molecule has 0 spiro atoms. The van der Waals surface area contributed by atoms with Gasteiger partial charge in [-0.1, -0.05) is 11.6 Å². The number of hydrogen-bond donors (Lipinski definition) is 2. The zero-order valence-electron chi connectivity index (χ0n) is 11.1. The highest BCUT2D eigenvalue weighted by atomic mass is 35.5. The summed E-state index contributed by atoms with van der Waals surface area (Å²) in [6.45, 7) is 0.223. The number of amides is 1. The minimum Gasteiger partial charge on any atom is -0.467 e. The van der Waals surface area contributed by atoms with Crippen LogP contribution in [0.25, 0.3) is 10.6 Å². The molecule has 6 nitrogen and oxygen atoms in total. The van der Waals surface area contributed by atoms with Crippen LogP contribution in [-0.2, 0) is 6.54 Å². The van der Waals surface area contributed by atoms with Gasteiger partial charge in [0.15, 0.2) is 0 Å². The van der Waals surface area contributed by atoms with Crippen molar-refractivity contribution in [1.82, 2.24) is 15.3 Å². The number of nitrogens with one attached hydrogen (secondary N) is 2. The van der Waals surface area contributed by atoms with Gasteiger partial charge in [-0.25, -0.2) is 4.79 Å². The Morgan fingerprint density at radius 1 is 1.41 bits per heavy atom. The Kier molecular flexibility index (Phi) is 4.08. The number of aromatic amines is 1. The molecule has 0 bridgehead atoms. The average molecular weight is 336 g/mol. The first-order valence-corrected chi connectivity index (χ1v) is 7.49. The number of hydrogen-bond acceptors (Lipinski definition) is 5. The lowest BCUT2D eigenvalue weighted by Gasteiger charge is -2.04. The molecule has 3 rings (SSSR count). The molecule has 0 atom stereocenters. The van der Waals surface area contributed by atoms with Gasteiger partial charge in [0.25, 0.3) is 5.91 Å². The van der Waals surface area contributed by atoms with Crippen LogP contribution in [0.1, 0.15) is 16.2 Å². The molecule has 0 saturated heterocycles. The zero-order chi connectivity index (χ0) is 15.5. The van der Waals surface area contributed by atoms with Gasteiger partial charge in [0, 0.05) is 0 Å². The molecule has 22 heavy (non-hydrogen) atoms. The van der Waals surface area contributed by atoms with Crippen LogP contribution >= 0.6 is 22.9 Å². The highest BCUT2D eigenvalue weighted by molar-refractivity contribution is 7.19. The Morgan fingerprint density at radius 2 is 2.27 bits per heavy atom. The van der Waals surface area contributed by atoms with E-state index in [1.54, 1.807) is 24.3 Å². The van der Waals surface area contributed by atoms with Crippen LogP contribution in [0.4, 0.5) is 0 Å². The molecule has 3 aromatic rings. The summed E-state index contributed by atoms with van der Waals surface area (Å²) in [6.07, 6.45) is 1.52. The fourth-order valence-corrected chi connectivity index (χ4v) is 2.85. The molecular formula is C14H10ClN3O3S. The van der Waals surface area contributed by atoms with Crippen molar-refractivity contribution in [2.24, 2.45) is 0 Å². The van der Waals surface area contributed by atoms with Crippen LogP contribution < -0.4 is 11.0 Å². The van der Waals surface area contributed by atoms with Gasteiger partial charge in [-0.05, 0) is 30.3 Å². The maximum Gasteiger partial charge on any atom is 0.346 e. The summed E-state index contributed by atoms with van der Waals surface area (Å²) >= 11 is 7.18. The molecule has 3 heterocycles. The van der Waals surface area contributed by atoms with Crippen LogP contribution in [0.5, 0.6) is 0 Å². The Bertz CT molecular complexity index is 854. The van der Waals surface area contributed by atoms with E-state index in [0.29, 0.717) is 15.8 Å². The number of furan rings is 1. The minimum absolute atomic E-state index is 0.0369. The third-order valence-corrected chi connectivity index (χ3v) is 4.08. The highest BCUT2D eigenvalue weighted by Crippen LogP contribution is 2.29. The smallest absolute Gasteiger partial charge is 0.346 e. The topological polar surface area (TPSA) is 88.0 Å². The van der Waals surface area contributed by atoms with E-state index in [2.05, 4.69) is 15.3 Å². The lowest BCUT2D eigenvalue weighted by molar-refractivity contribution is 0.0942. The number of carbonyl (C=O) groups is 1. The fraction of sp³-hybridized carbons (Fsp3) is 0.0714. The monoisotopic (exact) mass is 335 g/mol. The lowest BCUT2D eigenvalue weighted by Crippen LogP contribution is -2.26. The van der Waals surface area contributed by atoms with Crippen molar-refractivity contribution in [3.8, 4) is 10.6 Å². The quantitative estimate of drug-likeness (QED) is 0.767. The van der Waals surface area contributed by atoms with Crippen LogP contribution in [-0.4, -0.2) is 15.9 Å². The second-order valence-corrected chi connectivity index (χ2v) is 6.07. The van der Waals surface area contributed by atoms with Crippen molar-refractivity contribution in [1.29, 1.82) is 0 Å². The summed E-state index contributed by atoms with van der Waals surface area (Å²) in [4.78, 5) is 30.8. The molecule has 2 N–H and O–H groups in total. The highest BCUT2D eigenvalue weighted by Gasteiger charge is 2.12. The van der Waals surface area contributed by atoms with Crippen molar-refractivity contribution in [3.63, 3.8) is 0 Å². The summed E-state index contributed by atoms with van der Waals surface area (Å²) in [7, 11) is 0. The molecule has 0 saturated carbocycles. The van der Waals surface area contributed by atoms with E-state index in [-0.39, 0.29) is 12.2 Å². The first kappa shape index (κ1) is 14.6. The maximum atomic E-state index is 12.1. The number of nitrogens with zero attached hydrogens (tertiary/aromatic N) is 1. The van der Waals surface area contributed by atoms with Crippen molar-refractivity contribution in [2.75, 3.05) is 0 Å². The second-order valence-electron chi connectivity index (χ2n) is 4.35. The van der Waals surface area contributed by atoms with Gasteiger partial charge in [-0.15, -0.1) is 11.3 Å². The molecule has 8 heteroatoms. The van der Waals surface area contributed by atoms with Gasteiger partial charge >= 0.3 is 5.69 Å². The van der Waals surface area contributed by atoms with E-state index >= 15 is 0 Å². The standard InChI is InChI=1S/C14H10ClN3O3S/c15-12-4-3-11(22-12)9-6-10(18-14(20)17-9)13(19)16-7-8-2-1-5-21-8/h1-6H,7H2,(H,16,19)(H,17,18,20). The molecule has 0 aliphatic rings. The van der Waals surface area contributed by atoms with E-state index in [1.165, 1.54) is 23.7 Å². The predicted molar refractivity (Wildman–Crippen MR) is 83.1 cm³/mol. The summed E-state index contributed by atoms with van der Waals surface area (Å²) in [5.41, 5.74) is -0.0555. The van der Waals surface area contributed by atoms with Crippen molar-refractivity contribution < 1.29 is 9.21 Å². The Hall–Kier alpha value is -2.38. The first-order chi connectivity index (χ1) is 10.6. The zero-order valence-corrected chi connectivity index (χ0v) is 12.7. The normalized spacial score (nSPS) is 10.6. The first-order valence-electron chi connectivity index (χ1n) is 6.29. The largest absolute Gasteiger partial charge is 0.467 e. The van der Waals surface area contributed by atoms with E-state index < -0.39 is 11.6 Å². The van der Waals surface area contributed by atoms with E-state index in [9.17, 15) is 9.59 Å². The summed E-state index contributed by atoms with van der Waals surface area (Å²) in [6, 6.07) is 8.47. The molecule has 0 unspecified atom stereocenters. The van der Waals surface area contributed by atoms with Crippen LogP contribution in [0.2, 0.25) is 4.34 Å². The van der Waals surface area contributed by atoms with Crippen LogP contribution in [0, 0.1) is 0 Å². The Balaban J connectivity index is 1.82. The van der Waals surface area contributed by atoms with Crippen molar-refractivity contribution >= 4 is 28.8 Å². The number of H-pyrrole nitrogens is 1. The van der Waals surface area contributed by atoms with Gasteiger partial charge in [-0.2, -0.15) is 4.98 Å². The third kappa shape index (κ3) is 3.26. The van der Waals surface area contributed by atoms with Gasteiger partial charge in [0.05, 0.1) is 27.7 Å². The van der Waals surface area contributed by atoms with Crippen LogP contribution in [0.15, 0.2) is 45.8 Å². The number of thiophene rings is 1. The van der Waals surface area contributed by atoms with Gasteiger partial charge in [-0.3, -0.25) is 4.79 Å². The van der Waals surface area contributed by atoms with E-state index in [4.69, 9.17) is 16.0 Å². The number of halogens is 1. The summed E-state index contributed by atoms with van der Waals surface area (Å²) in [5.74, 6) is 0.162. The van der Waals surface area contributed by atoms with Crippen LogP contribution in [0.3, 0.4) is 0 Å². The minimum atomic E-state index is -0.592. The predicted octanol–water partition coefficient (Wildman–Crippen LogP) is 2.67. The van der Waals surface area contributed by atoms with E-state index in [1.807, 2.05) is 0 Å². The molecule has 1 amide bonds. The lowest BCUT2D eigenvalue weighted by atomic mass is 10.2. The molecular weight excluding hydrogens is 326 g/mol. The number of aromatic nitrogens is 2. The molecule has 0 fully saturated rings. The number of carbonyl (C=O) groups excluding carboxylic acids is 1. The maximum absolute atomic E-state index is 12.1. The molecule has 112 valence electrons. The molecule has 0 radical (unpaired) electrons. The summed E-state index contributed by atoms with van der Waals surface area (Å²) < 4.78 is 5.72. The van der Waals surface area contributed by atoms with E-state index in [0.717, 1.165) is 4.88 Å². The SMILES string of the molecule is O=C(NCc1ccco1)c1cc(-c2ccc(Cl)s2)[nH]c(=O)n1. The van der Waals surface area contributed by atoms with Crippen molar-refractivity contribution in [3.05, 3.63) is 62.9 Å². The van der Waals surface area contributed by atoms with Gasteiger partial charge in [0.1, 0.15) is 11.5 Å². The van der Waals surface area contributed by atoms with Gasteiger partial charge in [0.2, 0.25) is 0 Å². The molecule has 0 aromatic carbocycles. The molecule has 0 aliphatic carbocycles. The number of rotatable bonds is 4. The van der Waals surface area contributed by atoms with Gasteiger partial charge < -0.3 is 14.7 Å². The average Bonchev–Trinajstić information content (AvgIpc) is 3.15. The van der Waals surface area contributed by atoms with Crippen molar-refractivity contribution in [2.45, 2.75) is 6.54 Å².